The number of likely N-dealkylation sites (N-methyl/N-ethyl adjacent to an activating group) is 1. The number of aryl methyl sites for hydroxylation is 1. The molecule has 0 aliphatic carbocycles. The molecule has 2 heteroatoms. The number of benzene rings is 1. The molecular formula is C17H27NO. The van der Waals surface area contributed by atoms with E-state index in [1.807, 2.05) is 26.1 Å². The first-order valence-corrected chi connectivity index (χ1v) is 7.32. The highest BCUT2D eigenvalue weighted by atomic mass is 16.1. The Labute approximate surface area is 117 Å². The van der Waals surface area contributed by atoms with Crippen molar-refractivity contribution in [3.63, 3.8) is 0 Å². The van der Waals surface area contributed by atoms with E-state index in [1.54, 1.807) is 0 Å². The third-order valence-electron chi connectivity index (χ3n) is 3.98. The van der Waals surface area contributed by atoms with Gasteiger partial charge in [-0.05, 0) is 31.9 Å². The second-order valence-corrected chi connectivity index (χ2v) is 5.54. The minimum atomic E-state index is -0.0542. The van der Waals surface area contributed by atoms with Crippen LogP contribution in [0, 0.1) is 5.92 Å². The normalized spacial score (nSPS) is 14.4. The van der Waals surface area contributed by atoms with Gasteiger partial charge in [-0.25, -0.2) is 0 Å². The van der Waals surface area contributed by atoms with Crippen LogP contribution in [0.25, 0.3) is 0 Å². The average molecular weight is 261 g/mol. The molecule has 0 N–H and O–H groups in total. The molecule has 0 heterocycles. The van der Waals surface area contributed by atoms with Gasteiger partial charge in [0.1, 0.15) is 0 Å². The Bertz CT molecular complexity index is 396. The number of hydrogen-bond acceptors (Lipinski definition) is 2. The lowest BCUT2D eigenvalue weighted by Crippen LogP contribution is -2.38. The fourth-order valence-corrected chi connectivity index (χ4v) is 2.12. The summed E-state index contributed by atoms with van der Waals surface area (Å²) < 4.78 is 0. The van der Waals surface area contributed by atoms with Gasteiger partial charge in [0.25, 0.3) is 0 Å². The minimum Gasteiger partial charge on any atom is -0.296 e. The molecule has 0 saturated carbocycles. The number of carbonyl (C=O) groups excluding carboxylic acids is 1. The highest BCUT2D eigenvalue weighted by Gasteiger charge is 2.20. The summed E-state index contributed by atoms with van der Waals surface area (Å²) in [4.78, 5) is 14.6. The number of ketones is 1. The van der Waals surface area contributed by atoms with Crippen molar-refractivity contribution >= 4 is 5.78 Å². The first-order chi connectivity index (χ1) is 8.99. The average Bonchev–Trinajstić information content (AvgIpc) is 2.45. The van der Waals surface area contributed by atoms with Crippen LogP contribution in [0.2, 0.25) is 0 Å². The van der Waals surface area contributed by atoms with Crippen LogP contribution in [-0.4, -0.2) is 30.3 Å². The van der Waals surface area contributed by atoms with Crippen molar-refractivity contribution in [3.8, 4) is 0 Å². The topological polar surface area (TPSA) is 20.3 Å². The molecule has 2 atom stereocenters. The molecule has 0 aliphatic heterocycles. The summed E-state index contributed by atoms with van der Waals surface area (Å²) in [5.41, 5.74) is 2.10. The van der Waals surface area contributed by atoms with E-state index in [-0.39, 0.29) is 11.8 Å². The summed E-state index contributed by atoms with van der Waals surface area (Å²) in [6, 6.07) is 7.95. The maximum absolute atomic E-state index is 12.4. The maximum atomic E-state index is 12.4. The van der Waals surface area contributed by atoms with Gasteiger partial charge in [-0.2, -0.15) is 0 Å². The molecule has 19 heavy (non-hydrogen) atoms. The van der Waals surface area contributed by atoms with Gasteiger partial charge in [-0.15, -0.1) is 0 Å². The van der Waals surface area contributed by atoms with Crippen LogP contribution in [-0.2, 0) is 6.42 Å². The number of hydrogen-bond donors (Lipinski definition) is 0. The highest BCUT2D eigenvalue weighted by Crippen LogP contribution is 2.12. The fourth-order valence-electron chi connectivity index (χ4n) is 2.12. The van der Waals surface area contributed by atoms with E-state index in [0.717, 1.165) is 24.9 Å². The summed E-state index contributed by atoms with van der Waals surface area (Å²) in [6.07, 6.45) is 2.16. The summed E-state index contributed by atoms with van der Waals surface area (Å²) in [5.74, 6) is 0.844. The van der Waals surface area contributed by atoms with Gasteiger partial charge >= 0.3 is 0 Å². The molecule has 0 aliphatic rings. The van der Waals surface area contributed by atoms with Crippen LogP contribution >= 0.6 is 0 Å². The third kappa shape index (κ3) is 4.46. The second kappa shape index (κ2) is 7.44. The smallest absolute Gasteiger partial charge is 0.179 e. The Morgan fingerprint density at radius 1 is 1.16 bits per heavy atom. The van der Waals surface area contributed by atoms with Gasteiger partial charge < -0.3 is 0 Å². The van der Waals surface area contributed by atoms with Crippen LogP contribution in [0.4, 0.5) is 0 Å². The van der Waals surface area contributed by atoms with Crippen LogP contribution in [0.5, 0.6) is 0 Å². The third-order valence-corrected chi connectivity index (χ3v) is 3.98. The van der Waals surface area contributed by atoms with E-state index < -0.39 is 0 Å². The van der Waals surface area contributed by atoms with Crippen molar-refractivity contribution in [2.45, 2.75) is 46.6 Å². The Kier molecular flexibility index (Phi) is 6.23. The zero-order chi connectivity index (χ0) is 14.4. The van der Waals surface area contributed by atoms with Gasteiger partial charge in [-0.3, -0.25) is 9.69 Å². The quantitative estimate of drug-likeness (QED) is 0.696. The van der Waals surface area contributed by atoms with Crippen molar-refractivity contribution < 1.29 is 4.79 Å². The SMILES string of the molecule is CCc1ccc(C(=O)C(C)N(C)CC(C)CC)cc1. The molecule has 1 rings (SSSR count). The fraction of sp³-hybridized carbons (Fsp3) is 0.588. The summed E-state index contributed by atoms with van der Waals surface area (Å²) in [7, 11) is 2.04. The zero-order valence-electron chi connectivity index (χ0n) is 12.9. The molecule has 0 radical (unpaired) electrons. The summed E-state index contributed by atoms with van der Waals surface area (Å²) >= 11 is 0. The Morgan fingerprint density at radius 2 is 1.74 bits per heavy atom. The summed E-state index contributed by atoms with van der Waals surface area (Å²) in [5, 5.41) is 0. The standard InChI is InChI=1S/C17H27NO/c1-6-13(3)12-18(5)14(4)17(19)16-10-8-15(7-2)9-11-16/h8-11,13-14H,6-7,12H2,1-5H3. The molecule has 0 fully saturated rings. The molecule has 106 valence electrons. The van der Waals surface area contributed by atoms with Crippen molar-refractivity contribution in [1.29, 1.82) is 0 Å². The van der Waals surface area contributed by atoms with Gasteiger partial charge in [0, 0.05) is 12.1 Å². The Morgan fingerprint density at radius 3 is 2.21 bits per heavy atom. The first-order valence-electron chi connectivity index (χ1n) is 7.32. The number of carbonyl (C=O) groups is 1. The first kappa shape index (κ1) is 15.9. The second-order valence-electron chi connectivity index (χ2n) is 5.54. The molecular weight excluding hydrogens is 234 g/mol. The van der Waals surface area contributed by atoms with Crippen molar-refractivity contribution in [2.24, 2.45) is 5.92 Å². The van der Waals surface area contributed by atoms with E-state index in [4.69, 9.17) is 0 Å². The van der Waals surface area contributed by atoms with Crippen LogP contribution in [0.3, 0.4) is 0 Å². The monoisotopic (exact) mass is 261 g/mol. The molecule has 0 bridgehead atoms. The predicted molar refractivity (Wildman–Crippen MR) is 81.7 cm³/mol. The van der Waals surface area contributed by atoms with Gasteiger partial charge in [-0.1, -0.05) is 51.5 Å². The maximum Gasteiger partial charge on any atom is 0.179 e. The lowest BCUT2D eigenvalue weighted by molar-refractivity contribution is 0.0854. The zero-order valence-corrected chi connectivity index (χ0v) is 12.9. The molecule has 0 saturated heterocycles. The molecule has 1 aromatic rings. The Balaban J connectivity index is 2.69. The van der Waals surface area contributed by atoms with E-state index in [0.29, 0.717) is 5.92 Å². The minimum absolute atomic E-state index is 0.0542. The predicted octanol–water partition coefficient (Wildman–Crippen LogP) is 3.80. The van der Waals surface area contributed by atoms with E-state index in [1.165, 1.54) is 5.56 Å². The number of nitrogens with zero attached hydrogens (tertiary/aromatic N) is 1. The lowest BCUT2D eigenvalue weighted by Gasteiger charge is -2.26. The molecule has 0 aromatic heterocycles. The van der Waals surface area contributed by atoms with E-state index >= 15 is 0 Å². The van der Waals surface area contributed by atoms with Crippen LogP contribution in [0.15, 0.2) is 24.3 Å². The van der Waals surface area contributed by atoms with Gasteiger partial charge in [0.2, 0.25) is 0 Å². The van der Waals surface area contributed by atoms with E-state index in [2.05, 4.69) is 37.8 Å². The van der Waals surface area contributed by atoms with Gasteiger partial charge in [0.05, 0.1) is 6.04 Å². The van der Waals surface area contributed by atoms with Crippen molar-refractivity contribution in [3.05, 3.63) is 35.4 Å². The number of rotatable bonds is 7. The van der Waals surface area contributed by atoms with E-state index in [9.17, 15) is 4.79 Å². The molecule has 0 amide bonds. The Hall–Kier alpha value is -1.15. The van der Waals surface area contributed by atoms with Crippen molar-refractivity contribution in [2.75, 3.05) is 13.6 Å². The number of Topliss-reactive ketones (excluding diaryl/α,β-unsaturated/α-hetero) is 1. The van der Waals surface area contributed by atoms with Gasteiger partial charge in [0.15, 0.2) is 5.78 Å². The molecule has 0 spiro atoms. The largest absolute Gasteiger partial charge is 0.296 e. The lowest BCUT2D eigenvalue weighted by atomic mass is 10.0. The molecule has 2 unspecified atom stereocenters. The van der Waals surface area contributed by atoms with Crippen LogP contribution < -0.4 is 0 Å². The summed E-state index contributed by atoms with van der Waals surface area (Å²) in [6.45, 7) is 9.51. The highest BCUT2D eigenvalue weighted by molar-refractivity contribution is 5.99. The molecule has 2 nitrogen and oxygen atoms in total. The van der Waals surface area contributed by atoms with Crippen LogP contribution in [0.1, 0.15) is 50.0 Å². The molecule has 1 aromatic carbocycles. The van der Waals surface area contributed by atoms with Crippen molar-refractivity contribution in [1.82, 2.24) is 4.90 Å².